The second kappa shape index (κ2) is 8.20. The molecule has 0 unspecified atom stereocenters. The summed E-state index contributed by atoms with van der Waals surface area (Å²) >= 11 is 0. The van der Waals surface area contributed by atoms with E-state index in [1.807, 2.05) is 36.4 Å². The predicted octanol–water partition coefficient (Wildman–Crippen LogP) is 5.41. The van der Waals surface area contributed by atoms with Gasteiger partial charge in [0.2, 0.25) is 0 Å². The van der Waals surface area contributed by atoms with Crippen LogP contribution in [0.15, 0.2) is 72.8 Å². The molecule has 0 radical (unpaired) electrons. The summed E-state index contributed by atoms with van der Waals surface area (Å²) in [6.45, 7) is 2.95. The molecule has 6 aliphatic rings. The number of benzene rings is 3. The zero-order valence-electron chi connectivity index (χ0n) is 22.8. The monoisotopic (exact) mass is 532 g/mol. The van der Waals surface area contributed by atoms with E-state index in [1.54, 1.807) is 0 Å². The highest BCUT2D eigenvalue weighted by Gasteiger charge is 2.78. The van der Waals surface area contributed by atoms with E-state index in [2.05, 4.69) is 46.2 Å². The zero-order valence-corrected chi connectivity index (χ0v) is 22.8. The van der Waals surface area contributed by atoms with Gasteiger partial charge in [0.1, 0.15) is 5.75 Å². The summed E-state index contributed by atoms with van der Waals surface area (Å²) in [6.07, 6.45) is 6.81. The second-order valence-corrected chi connectivity index (χ2v) is 13.3. The van der Waals surface area contributed by atoms with Crippen molar-refractivity contribution in [2.75, 3.05) is 19.6 Å². The lowest BCUT2D eigenvalue weighted by molar-refractivity contribution is -0.171. The summed E-state index contributed by atoms with van der Waals surface area (Å²) in [6, 6.07) is 25.1. The smallest absolute Gasteiger partial charge is 0.254 e. The number of rotatable bonds is 4. The number of likely N-dealkylation sites (tertiary alicyclic amines) is 2. The lowest BCUT2D eigenvalue weighted by Crippen LogP contribution is -2.74. The topological polar surface area (TPSA) is 53.0 Å². The Bertz CT molecular complexity index is 1520. The molecule has 40 heavy (non-hydrogen) atoms. The number of fused-ring (bicyclic) bond motifs is 1. The predicted molar refractivity (Wildman–Crippen MR) is 153 cm³/mol. The molecular weight excluding hydrogens is 496 g/mol. The summed E-state index contributed by atoms with van der Waals surface area (Å²) in [5.74, 6) is 1.60. The van der Waals surface area contributed by atoms with Crippen molar-refractivity contribution in [1.29, 1.82) is 0 Å². The van der Waals surface area contributed by atoms with Gasteiger partial charge in [-0.15, -0.1) is 0 Å². The number of nitrogens with zero attached hydrogens (tertiary/aromatic N) is 2. The highest BCUT2D eigenvalue weighted by Crippen LogP contribution is 2.69. The summed E-state index contributed by atoms with van der Waals surface area (Å²) < 4.78 is 7.35. The van der Waals surface area contributed by atoms with Gasteiger partial charge >= 0.3 is 0 Å². The molecule has 3 aliphatic carbocycles. The van der Waals surface area contributed by atoms with Crippen LogP contribution in [-0.4, -0.2) is 64.2 Å². The van der Waals surface area contributed by atoms with Crippen LogP contribution < -0.4 is 0 Å². The molecule has 3 aliphatic heterocycles. The van der Waals surface area contributed by atoms with Crippen molar-refractivity contribution in [3.05, 3.63) is 89.5 Å². The Morgan fingerprint density at radius 2 is 1.80 bits per heavy atom. The molecule has 5 nitrogen and oxygen atoms in total. The average molecular weight is 533 g/mol. The van der Waals surface area contributed by atoms with E-state index in [4.69, 9.17) is 4.74 Å². The normalized spacial score (nSPS) is 35.4. The summed E-state index contributed by atoms with van der Waals surface area (Å²) in [5.41, 5.74) is 5.30. The number of aromatic hydroxyl groups is 1. The van der Waals surface area contributed by atoms with Crippen molar-refractivity contribution in [3.63, 3.8) is 0 Å². The molecule has 9 rings (SSSR count). The van der Waals surface area contributed by atoms with Crippen LogP contribution in [0.25, 0.3) is 11.1 Å². The van der Waals surface area contributed by atoms with Gasteiger partial charge in [0.25, 0.3) is 5.91 Å². The van der Waals surface area contributed by atoms with Crippen LogP contribution in [0.1, 0.15) is 53.6 Å². The summed E-state index contributed by atoms with van der Waals surface area (Å²) in [4.78, 5) is 19.1. The van der Waals surface area contributed by atoms with Gasteiger partial charge in [0, 0.05) is 42.1 Å². The molecule has 5 heteroatoms. The Morgan fingerprint density at radius 1 is 0.950 bits per heavy atom. The van der Waals surface area contributed by atoms with Crippen molar-refractivity contribution in [3.8, 4) is 16.9 Å². The zero-order chi connectivity index (χ0) is 26.6. The molecule has 204 valence electrons. The molecule has 3 aromatic rings. The third-order valence-corrected chi connectivity index (χ3v) is 11.5. The number of phenolic OH excluding ortho intramolecular Hbond substituents is 1. The minimum atomic E-state index is -0.213. The Hall–Kier alpha value is -3.15. The molecular formula is C35H36N2O3. The van der Waals surface area contributed by atoms with E-state index in [0.717, 1.165) is 54.8 Å². The summed E-state index contributed by atoms with van der Waals surface area (Å²) in [5, 5.41) is 10.7. The second-order valence-electron chi connectivity index (χ2n) is 13.3. The Balaban J connectivity index is 1.11. The molecule has 5 fully saturated rings. The van der Waals surface area contributed by atoms with Crippen molar-refractivity contribution >= 4 is 5.91 Å². The number of carbonyl (C=O) groups is 1. The minimum Gasteiger partial charge on any atom is -0.508 e. The Morgan fingerprint density at radius 3 is 2.65 bits per heavy atom. The van der Waals surface area contributed by atoms with Crippen LogP contribution in [0, 0.1) is 11.8 Å². The first-order valence-corrected chi connectivity index (χ1v) is 15.3. The highest BCUT2D eigenvalue weighted by atomic mass is 16.5. The molecule has 1 N–H and O–H groups in total. The van der Waals surface area contributed by atoms with Gasteiger partial charge < -0.3 is 14.7 Å². The van der Waals surface area contributed by atoms with E-state index >= 15 is 0 Å². The van der Waals surface area contributed by atoms with Gasteiger partial charge in [0.15, 0.2) is 0 Å². The van der Waals surface area contributed by atoms with Crippen molar-refractivity contribution in [2.45, 2.75) is 67.7 Å². The first-order chi connectivity index (χ1) is 19.6. The van der Waals surface area contributed by atoms with Crippen LogP contribution in [0.2, 0.25) is 0 Å². The van der Waals surface area contributed by atoms with Crippen LogP contribution in [0.4, 0.5) is 0 Å². The van der Waals surface area contributed by atoms with E-state index in [-0.39, 0.29) is 35.0 Å². The fraction of sp³-hybridized carbons (Fsp3) is 0.457. The fourth-order valence-corrected chi connectivity index (χ4v) is 9.88. The van der Waals surface area contributed by atoms with Crippen molar-refractivity contribution in [1.82, 2.24) is 9.80 Å². The lowest BCUT2D eigenvalue weighted by Gasteiger charge is -2.64. The van der Waals surface area contributed by atoms with Crippen LogP contribution >= 0.6 is 0 Å². The fourth-order valence-electron chi connectivity index (χ4n) is 9.88. The standard InChI is InChI=1S/C35H36N2O3/c38-27-12-11-25-18-31-35-14-13-29-32(34(35,28(25)19-27)15-16-36(31)20-22-9-10-22)30(40-35)21-37(29)33(39)26-8-4-7-24(17-26)23-5-2-1-3-6-23/h1-8,11-12,17,19,22,29-32,38H,9-10,13-16,18,20-21H2/t29-,30-,31-,32+,34+,35-/m1/s1. The van der Waals surface area contributed by atoms with Gasteiger partial charge in [-0.2, -0.15) is 0 Å². The van der Waals surface area contributed by atoms with Crippen molar-refractivity contribution < 1.29 is 14.6 Å². The van der Waals surface area contributed by atoms with E-state index in [0.29, 0.717) is 18.3 Å². The molecule has 1 amide bonds. The van der Waals surface area contributed by atoms with Gasteiger partial charge in [-0.25, -0.2) is 0 Å². The highest BCUT2D eigenvalue weighted by molar-refractivity contribution is 5.96. The van der Waals surface area contributed by atoms with Crippen LogP contribution in [0.3, 0.4) is 0 Å². The molecule has 3 aromatic carbocycles. The number of amides is 1. The molecule has 6 atom stereocenters. The van der Waals surface area contributed by atoms with Crippen LogP contribution in [0.5, 0.6) is 5.75 Å². The Kier molecular flexibility index (Phi) is 4.83. The third kappa shape index (κ3) is 3.03. The van der Waals surface area contributed by atoms with Crippen molar-refractivity contribution in [2.24, 2.45) is 11.8 Å². The first-order valence-electron chi connectivity index (χ1n) is 15.3. The van der Waals surface area contributed by atoms with Crippen LogP contribution in [-0.2, 0) is 16.6 Å². The average Bonchev–Trinajstić information content (AvgIpc) is 3.68. The molecule has 2 saturated carbocycles. The van der Waals surface area contributed by atoms with E-state index in [1.165, 1.54) is 30.5 Å². The molecule has 3 saturated heterocycles. The maximum absolute atomic E-state index is 14.2. The first kappa shape index (κ1) is 23.5. The third-order valence-electron chi connectivity index (χ3n) is 11.5. The SMILES string of the molecule is O=C(c1cccc(-c2ccccc2)c1)N1C[C@H]2O[C@@]34CC[C@@H]1[C@@H]2[C@@]31CCN(CC2CC2)[C@@H]4Cc2ccc(O)cc21. The molecule has 4 bridgehead atoms. The Labute approximate surface area is 235 Å². The van der Waals surface area contributed by atoms with Gasteiger partial charge in [-0.3, -0.25) is 9.69 Å². The van der Waals surface area contributed by atoms with E-state index < -0.39 is 0 Å². The lowest BCUT2D eigenvalue weighted by atomic mass is 9.46. The minimum absolute atomic E-state index is 0.0467. The molecule has 3 heterocycles. The van der Waals surface area contributed by atoms with Gasteiger partial charge in [0.05, 0.1) is 11.7 Å². The maximum Gasteiger partial charge on any atom is 0.254 e. The molecule has 0 spiro atoms. The van der Waals surface area contributed by atoms with E-state index in [9.17, 15) is 9.90 Å². The number of hydrogen-bond acceptors (Lipinski definition) is 4. The summed E-state index contributed by atoms with van der Waals surface area (Å²) in [7, 11) is 0. The maximum atomic E-state index is 14.2. The van der Waals surface area contributed by atoms with Gasteiger partial charge in [-0.05, 0) is 97.5 Å². The number of phenols is 1. The molecule has 0 aromatic heterocycles. The number of hydrogen-bond donors (Lipinski definition) is 1. The quantitative estimate of drug-likeness (QED) is 0.488. The number of piperidine rings is 1. The number of carbonyl (C=O) groups excluding carboxylic acids is 1. The van der Waals surface area contributed by atoms with Gasteiger partial charge in [-0.1, -0.05) is 48.5 Å². The number of ether oxygens (including phenoxy) is 1. The largest absolute Gasteiger partial charge is 0.508 e.